The van der Waals surface area contributed by atoms with Crippen molar-refractivity contribution in [3.8, 4) is 5.75 Å². The summed E-state index contributed by atoms with van der Waals surface area (Å²) in [6.45, 7) is 4.83. The maximum Gasteiger partial charge on any atom is 0.271 e. The van der Waals surface area contributed by atoms with Gasteiger partial charge in [0.1, 0.15) is 0 Å². The molecule has 4 heteroatoms. The smallest absolute Gasteiger partial charge is 0.271 e. The molecule has 1 aromatic heterocycles. The number of methoxy groups -OCH3 is 1. The highest BCUT2D eigenvalue weighted by Gasteiger charge is 2.30. The molecule has 1 aliphatic heterocycles. The quantitative estimate of drug-likeness (QED) is 0.836. The molecule has 0 spiro atoms. The van der Waals surface area contributed by atoms with Crippen molar-refractivity contribution in [3.63, 3.8) is 0 Å². The molecule has 1 amide bonds. The standard InChI is InChI=1S/C14H16N2O2/c1-8-5-4-6-10-11(8)16-9(2)7-15-14(17)12(16)13(10)18-3/h4-6,9H,7H2,1-3H3,(H,15,17)/t9-/m1/s1. The third kappa shape index (κ3) is 1.29. The summed E-state index contributed by atoms with van der Waals surface area (Å²) in [6, 6.07) is 6.31. The second-order valence-electron chi connectivity index (χ2n) is 4.78. The lowest BCUT2D eigenvalue weighted by molar-refractivity contribution is 0.0915. The molecule has 94 valence electrons. The Morgan fingerprint density at radius 3 is 2.94 bits per heavy atom. The fourth-order valence-corrected chi connectivity index (χ4v) is 2.79. The van der Waals surface area contributed by atoms with Crippen molar-refractivity contribution in [3.05, 3.63) is 29.5 Å². The van der Waals surface area contributed by atoms with E-state index in [0.29, 0.717) is 18.0 Å². The largest absolute Gasteiger partial charge is 0.494 e. The monoisotopic (exact) mass is 244 g/mol. The van der Waals surface area contributed by atoms with Gasteiger partial charge in [-0.25, -0.2) is 0 Å². The van der Waals surface area contributed by atoms with E-state index in [9.17, 15) is 4.79 Å². The van der Waals surface area contributed by atoms with Crippen LogP contribution in [0.25, 0.3) is 10.9 Å². The Morgan fingerprint density at radius 1 is 1.44 bits per heavy atom. The van der Waals surface area contributed by atoms with Gasteiger partial charge in [-0.1, -0.05) is 12.1 Å². The van der Waals surface area contributed by atoms with Crippen molar-refractivity contribution in [2.75, 3.05) is 13.7 Å². The number of aryl methyl sites for hydroxylation is 1. The molecule has 0 aliphatic carbocycles. The first-order valence-electron chi connectivity index (χ1n) is 6.11. The lowest BCUT2D eigenvalue weighted by Gasteiger charge is -2.24. The number of benzene rings is 1. The highest BCUT2D eigenvalue weighted by atomic mass is 16.5. The summed E-state index contributed by atoms with van der Waals surface area (Å²) >= 11 is 0. The third-order valence-corrected chi connectivity index (χ3v) is 3.60. The lowest BCUT2D eigenvalue weighted by Crippen LogP contribution is -2.37. The Bertz CT molecular complexity index is 643. The van der Waals surface area contributed by atoms with Crippen LogP contribution in [0, 0.1) is 6.92 Å². The van der Waals surface area contributed by atoms with Crippen molar-refractivity contribution in [1.82, 2.24) is 9.88 Å². The van der Waals surface area contributed by atoms with Crippen molar-refractivity contribution in [1.29, 1.82) is 0 Å². The van der Waals surface area contributed by atoms with Crippen LogP contribution in [0.3, 0.4) is 0 Å². The zero-order valence-corrected chi connectivity index (χ0v) is 10.8. The first-order valence-corrected chi connectivity index (χ1v) is 6.11. The summed E-state index contributed by atoms with van der Waals surface area (Å²) in [7, 11) is 1.62. The second-order valence-corrected chi connectivity index (χ2v) is 4.78. The number of nitrogens with zero attached hydrogens (tertiary/aromatic N) is 1. The molecule has 0 saturated heterocycles. The van der Waals surface area contributed by atoms with E-state index < -0.39 is 0 Å². The first kappa shape index (κ1) is 11.1. The van der Waals surface area contributed by atoms with Crippen LogP contribution in [0.15, 0.2) is 18.2 Å². The molecule has 0 bridgehead atoms. The summed E-state index contributed by atoms with van der Waals surface area (Å²) < 4.78 is 7.56. The van der Waals surface area contributed by atoms with Crippen LogP contribution in [-0.2, 0) is 0 Å². The zero-order chi connectivity index (χ0) is 12.9. The number of nitrogens with one attached hydrogen (secondary N) is 1. The van der Waals surface area contributed by atoms with Gasteiger partial charge < -0.3 is 14.6 Å². The Hall–Kier alpha value is -1.97. The molecule has 3 rings (SSSR count). The highest BCUT2D eigenvalue weighted by molar-refractivity contribution is 6.05. The average molecular weight is 244 g/mol. The minimum atomic E-state index is -0.0550. The van der Waals surface area contributed by atoms with E-state index in [1.165, 1.54) is 5.56 Å². The van der Waals surface area contributed by atoms with E-state index in [4.69, 9.17) is 4.74 Å². The molecular weight excluding hydrogens is 228 g/mol. The van der Waals surface area contributed by atoms with Crippen LogP contribution in [0.2, 0.25) is 0 Å². The number of rotatable bonds is 1. The minimum absolute atomic E-state index is 0.0550. The van der Waals surface area contributed by atoms with Gasteiger partial charge in [0.25, 0.3) is 5.91 Å². The molecular formula is C14H16N2O2. The van der Waals surface area contributed by atoms with Crippen LogP contribution in [0.4, 0.5) is 0 Å². The number of amides is 1. The van der Waals surface area contributed by atoms with Crippen LogP contribution in [-0.4, -0.2) is 24.1 Å². The van der Waals surface area contributed by atoms with Crippen LogP contribution in [0.1, 0.15) is 29.0 Å². The van der Waals surface area contributed by atoms with Crippen molar-refractivity contribution in [2.45, 2.75) is 19.9 Å². The molecule has 1 aliphatic rings. The predicted molar refractivity (Wildman–Crippen MR) is 70.3 cm³/mol. The molecule has 18 heavy (non-hydrogen) atoms. The summed E-state index contributed by atoms with van der Waals surface area (Å²) in [5.74, 6) is 0.623. The van der Waals surface area contributed by atoms with Crippen molar-refractivity contribution < 1.29 is 9.53 Å². The topological polar surface area (TPSA) is 43.3 Å². The second kappa shape index (κ2) is 3.77. The summed E-state index contributed by atoms with van der Waals surface area (Å²) in [6.07, 6.45) is 0. The molecule has 0 fully saturated rings. The van der Waals surface area contributed by atoms with Gasteiger partial charge in [0, 0.05) is 18.0 Å². The van der Waals surface area contributed by atoms with Crippen molar-refractivity contribution >= 4 is 16.8 Å². The Balaban J connectivity index is 2.49. The van der Waals surface area contributed by atoms with Crippen molar-refractivity contribution in [2.24, 2.45) is 0 Å². The van der Waals surface area contributed by atoms with Gasteiger partial charge in [-0.3, -0.25) is 4.79 Å². The van der Waals surface area contributed by atoms with E-state index in [0.717, 1.165) is 10.9 Å². The number of aromatic nitrogens is 1. The van der Waals surface area contributed by atoms with Gasteiger partial charge in [-0.2, -0.15) is 0 Å². The maximum atomic E-state index is 12.1. The van der Waals surface area contributed by atoms with Crippen LogP contribution < -0.4 is 10.1 Å². The summed E-state index contributed by atoms with van der Waals surface area (Å²) in [5, 5.41) is 3.91. The Kier molecular flexibility index (Phi) is 2.33. The normalized spacial score (nSPS) is 18.6. The average Bonchev–Trinajstić information content (AvgIpc) is 2.71. The number of carbonyl (C=O) groups is 1. The number of ether oxygens (including phenoxy) is 1. The maximum absolute atomic E-state index is 12.1. The fraction of sp³-hybridized carbons (Fsp3) is 0.357. The van der Waals surface area contributed by atoms with E-state index in [-0.39, 0.29) is 11.9 Å². The van der Waals surface area contributed by atoms with E-state index in [1.54, 1.807) is 7.11 Å². The molecule has 2 heterocycles. The SMILES string of the molecule is COc1c2n(c3c(C)cccc13)[C@H](C)CNC2=O. The van der Waals surface area contributed by atoms with Gasteiger partial charge in [0.2, 0.25) is 0 Å². The van der Waals surface area contributed by atoms with E-state index in [1.807, 2.05) is 12.1 Å². The number of hydrogen-bond acceptors (Lipinski definition) is 2. The molecule has 0 radical (unpaired) electrons. The highest BCUT2D eigenvalue weighted by Crippen LogP contribution is 2.38. The molecule has 2 aromatic rings. The number of carbonyl (C=O) groups excluding carboxylic acids is 1. The summed E-state index contributed by atoms with van der Waals surface area (Å²) in [4.78, 5) is 12.1. The Labute approximate surface area is 106 Å². The molecule has 0 unspecified atom stereocenters. The van der Waals surface area contributed by atoms with Crippen LogP contribution >= 0.6 is 0 Å². The van der Waals surface area contributed by atoms with Crippen LogP contribution in [0.5, 0.6) is 5.75 Å². The summed E-state index contributed by atoms with van der Waals surface area (Å²) in [5.41, 5.74) is 2.91. The third-order valence-electron chi connectivity index (χ3n) is 3.60. The van der Waals surface area contributed by atoms with E-state index in [2.05, 4.69) is 29.8 Å². The van der Waals surface area contributed by atoms with Gasteiger partial charge in [0.05, 0.1) is 12.6 Å². The number of fused-ring (bicyclic) bond motifs is 3. The van der Waals surface area contributed by atoms with Gasteiger partial charge in [0.15, 0.2) is 11.4 Å². The van der Waals surface area contributed by atoms with E-state index >= 15 is 0 Å². The molecule has 4 nitrogen and oxygen atoms in total. The van der Waals surface area contributed by atoms with Gasteiger partial charge in [-0.15, -0.1) is 0 Å². The van der Waals surface area contributed by atoms with Gasteiger partial charge in [-0.05, 0) is 25.5 Å². The minimum Gasteiger partial charge on any atom is -0.494 e. The molecule has 1 aromatic carbocycles. The zero-order valence-electron chi connectivity index (χ0n) is 10.8. The Morgan fingerprint density at radius 2 is 2.22 bits per heavy atom. The molecule has 0 saturated carbocycles. The number of para-hydroxylation sites is 1. The number of hydrogen-bond donors (Lipinski definition) is 1. The lowest BCUT2D eigenvalue weighted by atomic mass is 10.1. The molecule has 1 N–H and O–H groups in total. The molecule has 1 atom stereocenters. The predicted octanol–water partition coefficient (Wildman–Crippen LogP) is 2.26. The fourth-order valence-electron chi connectivity index (χ4n) is 2.79. The van der Waals surface area contributed by atoms with Gasteiger partial charge >= 0.3 is 0 Å². The first-order chi connectivity index (χ1) is 8.65.